The van der Waals surface area contributed by atoms with Crippen LogP contribution < -0.4 is 4.74 Å². The Morgan fingerprint density at radius 1 is 1.17 bits per heavy atom. The topological polar surface area (TPSA) is 57.1 Å². The first kappa shape index (κ1) is 13.5. The van der Waals surface area contributed by atoms with E-state index in [1.165, 1.54) is 5.56 Å². The molecule has 0 saturated heterocycles. The molecular weight excluding hydrogens is 290 g/mol. The van der Waals surface area contributed by atoms with Gasteiger partial charge in [0.15, 0.2) is 6.21 Å². The SMILES string of the molecule is COc1ccc(/C=[N+]2\[N-]c3nncn3-c3ccc(C)cc32)cc1. The molecule has 114 valence electrons. The molecule has 3 aromatic rings. The number of ether oxygens (including phenoxy) is 1. The molecule has 0 spiro atoms. The minimum Gasteiger partial charge on any atom is -0.497 e. The number of benzene rings is 2. The molecule has 0 aliphatic carbocycles. The van der Waals surface area contributed by atoms with Crippen molar-refractivity contribution in [2.75, 3.05) is 7.11 Å². The molecule has 0 saturated carbocycles. The van der Waals surface area contributed by atoms with Crippen LogP contribution in [0.5, 0.6) is 5.75 Å². The van der Waals surface area contributed by atoms with Crippen LogP contribution >= 0.6 is 0 Å². The van der Waals surface area contributed by atoms with Crippen LogP contribution in [0.25, 0.3) is 11.1 Å². The van der Waals surface area contributed by atoms with E-state index in [1.54, 1.807) is 13.4 Å². The Hall–Kier alpha value is -3.15. The zero-order chi connectivity index (χ0) is 15.8. The Labute approximate surface area is 133 Å². The van der Waals surface area contributed by atoms with Gasteiger partial charge in [0.05, 0.1) is 19.1 Å². The Bertz CT molecular complexity index is 896. The van der Waals surface area contributed by atoms with Gasteiger partial charge in [-0.1, -0.05) is 6.07 Å². The molecule has 0 fully saturated rings. The van der Waals surface area contributed by atoms with Crippen LogP contribution in [0, 0.1) is 6.92 Å². The van der Waals surface area contributed by atoms with Gasteiger partial charge >= 0.3 is 0 Å². The largest absolute Gasteiger partial charge is 0.497 e. The average molecular weight is 305 g/mol. The summed E-state index contributed by atoms with van der Waals surface area (Å²) >= 11 is 0. The van der Waals surface area contributed by atoms with E-state index in [0.717, 1.165) is 22.7 Å². The third-order valence-electron chi connectivity index (χ3n) is 3.75. The third kappa shape index (κ3) is 2.34. The molecule has 1 aliphatic rings. The number of rotatable bonds is 2. The monoisotopic (exact) mass is 305 g/mol. The van der Waals surface area contributed by atoms with Gasteiger partial charge in [-0.3, -0.25) is 5.10 Å². The lowest BCUT2D eigenvalue weighted by Crippen LogP contribution is -2.12. The summed E-state index contributed by atoms with van der Waals surface area (Å²) in [6.07, 6.45) is 3.65. The lowest BCUT2D eigenvalue weighted by molar-refractivity contribution is -0.374. The maximum absolute atomic E-state index is 5.19. The van der Waals surface area contributed by atoms with E-state index in [4.69, 9.17) is 4.74 Å². The maximum atomic E-state index is 5.19. The normalized spacial score (nSPS) is 14.1. The van der Waals surface area contributed by atoms with Crippen molar-refractivity contribution in [2.24, 2.45) is 0 Å². The van der Waals surface area contributed by atoms with Crippen molar-refractivity contribution in [3.63, 3.8) is 0 Å². The van der Waals surface area contributed by atoms with Gasteiger partial charge in [-0.15, -0.1) is 10.1 Å². The molecule has 0 amide bonds. The van der Waals surface area contributed by atoms with Gasteiger partial charge < -0.3 is 9.30 Å². The standard InChI is InChI=1S/C17H15N5O/c1-12-3-8-15-16(9-12)22(20-17-19-18-11-21(15)17)10-13-4-6-14(23-2)7-5-13/h3-11H,1-2H3/b22-10-. The summed E-state index contributed by atoms with van der Waals surface area (Å²) < 4.78 is 8.92. The number of hydrogen-bond acceptors (Lipinski definition) is 3. The fourth-order valence-corrected chi connectivity index (χ4v) is 2.57. The second kappa shape index (κ2) is 5.24. The van der Waals surface area contributed by atoms with Crippen LogP contribution in [0.4, 0.5) is 11.6 Å². The molecule has 1 aromatic heterocycles. The predicted octanol–water partition coefficient (Wildman–Crippen LogP) is 3.28. The Morgan fingerprint density at radius 2 is 2.00 bits per heavy atom. The molecule has 0 radical (unpaired) electrons. The maximum Gasteiger partial charge on any atom is 0.234 e. The molecule has 0 unspecified atom stereocenters. The molecule has 0 bridgehead atoms. The highest BCUT2D eigenvalue weighted by atomic mass is 16.5. The van der Waals surface area contributed by atoms with Crippen molar-refractivity contribution in [3.05, 3.63) is 65.3 Å². The third-order valence-corrected chi connectivity index (χ3v) is 3.75. The van der Waals surface area contributed by atoms with E-state index >= 15 is 0 Å². The zero-order valence-electron chi connectivity index (χ0n) is 12.8. The first-order valence-corrected chi connectivity index (χ1v) is 7.25. The molecule has 4 rings (SSSR count). The van der Waals surface area contributed by atoms with E-state index in [2.05, 4.69) is 40.7 Å². The Balaban J connectivity index is 1.83. The summed E-state index contributed by atoms with van der Waals surface area (Å²) in [6, 6.07) is 14.1. The summed E-state index contributed by atoms with van der Waals surface area (Å²) in [4.78, 5) is 0. The predicted molar refractivity (Wildman–Crippen MR) is 87.2 cm³/mol. The van der Waals surface area contributed by atoms with Crippen molar-refractivity contribution in [2.45, 2.75) is 6.92 Å². The number of nitrogens with zero attached hydrogens (tertiary/aromatic N) is 5. The number of aryl methyl sites for hydroxylation is 1. The lowest BCUT2D eigenvalue weighted by Gasteiger charge is -2.21. The fraction of sp³-hybridized carbons (Fsp3) is 0.118. The second-order valence-electron chi connectivity index (χ2n) is 5.34. The smallest absolute Gasteiger partial charge is 0.234 e. The van der Waals surface area contributed by atoms with Crippen molar-refractivity contribution in [3.8, 4) is 11.4 Å². The molecule has 2 heterocycles. The van der Waals surface area contributed by atoms with E-state index < -0.39 is 0 Å². The minimum atomic E-state index is 0.561. The van der Waals surface area contributed by atoms with Crippen molar-refractivity contribution < 1.29 is 9.42 Å². The van der Waals surface area contributed by atoms with Gasteiger partial charge in [0.25, 0.3) is 0 Å². The average Bonchev–Trinajstić information content (AvgIpc) is 3.04. The first-order chi connectivity index (χ1) is 11.2. The van der Waals surface area contributed by atoms with Crippen LogP contribution in [-0.2, 0) is 0 Å². The van der Waals surface area contributed by atoms with Gasteiger partial charge in [0.1, 0.15) is 11.7 Å². The molecule has 0 atom stereocenters. The van der Waals surface area contributed by atoms with E-state index in [0.29, 0.717) is 5.95 Å². The van der Waals surface area contributed by atoms with Crippen LogP contribution in [0.2, 0.25) is 0 Å². The fourth-order valence-electron chi connectivity index (χ4n) is 2.57. The Morgan fingerprint density at radius 3 is 2.78 bits per heavy atom. The summed E-state index contributed by atoms with van der Waals surface area (Å²) in [6.45, 7) is 2.06. The van der Waals surface area contributed by atoms with Crippen LogP contribution in [0.3, 0.4) is 0 Å². The van der Waals surface area contributed by atoms with E-state index in [-0.39, 0.29) is 0 Å². The van der Waals surface area contributed by atoms with Crippen LogP contribution in [0.15, 0.2) is 48.8 Å². The van der Waals surface area contributed by atoms with Crippen molar-refractivity contribution in [1.29, 1.82) is 0 Å². The van der Waals surface area contributed by atoms with E-state index in [1.807, 2.05) is 39.7 Å². The minimum absolute atomic E-state index is 0.561. The molecule has 6 heteroatoms. The molecule has 0 N–H and O–H groups in total. The zero-order valence-corrected chi connectivity index (χ0v) is 12.8. The van der Waals surface area contributed by atoms with Gasteiger partial charge in [-0.05, 0) is 42.8 Å². The number of methoxy groups -OCH3 is 1. The summed E-state index contributed by atoms with van der Waals surface area (Å²) in [5.41, 5.74) is 8.76. The number of aromatic nitrogens is 3. The molecule has 1 aliphatic heterocycles. The van der Waals surface area contributed by atoms with Gasteiger partial charge in [-0.2, -0.15) is 0 Å². The van der Waals surface area contributed by atoms with Crippen molar-refractivity contribution in [1.82, 2.24) is 14.8 Å². The van der Waals surface area contributed by atoms with Crippen LogP contribution in [0.1, 0.15) is 11.1 Å². The summed E-state index contributed by atoms with van der Waals surface area (Å²) in [7, 11) is 1.66. The van der Waals surface area contributed by atoms with Gasteiger partial charge in [0, 0.05) is 11.6 Å². The van der Waals surface area contributed by atoms with Crippen molar-refractivity contribution >= 4 is 17.9 Å². The first-order valence-electron chi connectivity index (χ1n) is 7.25. The molecule has 23 heavy (non-hydrogen) atoms. The highest BCUT2D eigenvalue weighted by Crippen LogP contribution is 2.36. The second-order valence-corrected chi connectivity index (χ2v) is 5.34. The quantitative estimate of drug-likeness (QED) is 0.683. The molecule has 6 nitrogen and oxygen atoms in total. The highest BCUT2D eigenvalue weighted by Gasteiger charge is 2.22. The van der Waals surface area contributed by atoms with Gasteiger partial charge in [-0.25, -0.2) is 5.10 Å². The lowest BCUT2D eigenvalue weighted by atomic mass is 10.1. The van der Waals surface area contributed by atoms with Gasteiger partial charge in [0.2, 0.25) is 5.69 Å². The number of fused-ring (bicyclic) bond motifs is 3. The number of hydrogen-bond donors (Lipinski definition) is 0. The summed E-state index contributed by atoms with van der Waals surface area (Å²) in [5, 5.41) is 8.01. The van der Waals surface area contributed by atoms with E-state index in [9.17, 15) is 0 Å². The molecular formula is C17H15N5O. The van der Waals surface area contributed by atoms with Crippen LogP contribution in [-0.4, -0.2) is 32.8 Å². The highest BCUT2D eigenvalue weighted by molar-refractivity contribution is 5.78. The molecule has 2 aromatic carbocycles. The Kier molecular flexibility index (Phi) is 3.08. The summed E-state index contributed by atoms with van der Waals surface area (Å²) in [5.74, 6) is 1.39.